The molecule has 1 aliphatic rings. The highest BCUT2D eigenvalue weighted by Gasteiger charge is 2.22. The number of hydrogen-bond acceptors (Lipinski definition) is 3. The summed E-state index contributed by atoms with van der Waals surface area (Å²) < 4.78 is 5.71. The fraction of sp³-hybridized carbons (Fsp3) is 0.579. The van der Waals surface area contributed by atoms with Crippen LogP contribution in [0, 0.1) is 5.92 Å². The number of hydrogen-bond donors (Lipinski definition) is 2. The molecule has 2 amide bonds. The van der Waals surface area contributed by atoms with Crippen LogP contribution in [0.15, 0.2) is 24.3 Å². The Morgan fingerprint density at radius 1 is 1.08 bits per heavy atom. The van der Waals surface area contributed by atoms with Crippen LogP contribution in [-0.2, 0) is 4.79 Å². The third kappa shape index (κ3) is 5.55. The molecule has 0 heterocycles. The van der Waals surface area contributed by atoms with E-state index in [0.29, 0.717) is 17.9 Å². The molecule has 2 rings (SSSR count). The van der Waals surface area contributed by atoms with Crippen LogP contribution in [0.5, 0.6) is 5.75 Å². The first-order valence-electron chi connectivity index (χ1n) is 9.04. The van der Waals surface area contributed by atoms with Gasteiger partial charge in [-0.3, -0.25) is 20.4 Å². The smallest absolute Gasteiger partial charge is 0.273 e. The van der Waals surface area contributed by atoms with Gasteiger partial charge in [-0.2, -0.15) is 0 Å². The lowest BCUT2D eigenvalue weighted by molar-refractivity contribution is -0.126. The fourth-order valence-electron chi connectivity index (χ4n) is 2.97. The molecule has 0 radical (unpaired) electrons. The van der Waals surface area contributed by atoms with E-state index in [1.807, 2.05) is 6.07 Å². The Hall–Kier alpha value is -2.04. The maximum Gasteiger partial charge on any atom is 0.273 e. The quantitative estimate of drug-likeness (QED) is 0.592. The molecule has 1 aliphatic carbocycles. The van der Waals surface area contributed by atoms with Crippen molar-refractivity contribution in [1.82, 2.24) is 10.9 Å². The van der Waals surface area contributed by atoms with E-state index in [9.17, 15) is 9.59 Å². The van der Waals surface area contributed by atoms with E-state index in [4.69, 9.17) is 4.74 Å². The number of rotatable bonds is 7. The predicted octanol–water partition coefficient (Wildman–Crippen LogP) is 3.60. The zero-order valence-electron chi connectivity index (χ0n) is 14.5. The summed E-state index contributed by atoms with van der Waals surface area (Å²) in [6.45, 7) is 2.73. The lowest BCUT2D eigenvalue weighted by atomic mass is 9.89. The minimum absolute atomic E-state index is 0.0135. The Kier molecular flexibility index (Phi) is 7.59. The number of hydrazine groups is 1. The first kappa shape index (κ1) is 18.3. The summed E-state index contributed by atoms with van der Waals surface area (Å²) in [7, 11) is 0. The maximum absolute atomic E-state index is 12.3. The lowest BCUT2D eigenvalue weighted by Crippen LogP contribution is -2.45. The second kappa shape index (κ2) is 9.96. The summed E-state index contributed by atoms with van der Waals surface area (Å²) >= 11 is 0. The third-order valence-corrected chi connectivity index (χ3v) is 4.41. The first-order chi connectivity index (χ1) is 11.7. The van der Waals surface area contributed by atoms with Crippen LogP contribution in [0.3, 0.4) is 0 Å². The van der Waals surface area contributed by atoms with E-state index in [2.05, 4.69) is 17.8 Å². The Morgan fingerprint density at radius 2 is 1.83 bits per heavy atom. The van der Waals surface area contributed by atoms with Crippen LogP contribution in [0.1, 0.15) is 68.6 Å². The number of amides is 2. The number of para-hydroxylation sites is 1. The number of unbranched alkanes of at least 4 members (excludes halogenated alkanes) is 2. The average molecular weight is 332 g/mol. The summed E-state index contributed by atoms with van der Waals surface area (Å²) in [5.74, 6) is 0.132. The molecular weight excluding hydrogens is 304 g/mol. The SMILES string of the molecule is CCCCCOc1ccccc1C(=O)NNC(=O)C1CCCCC1. The van der Waals surface area contributed by atoms with Crippen LogP contribution in [-0.4, -0.2) is 18.4 Å². The Bertz CT molecular complexity index is 539. The third-order valence-electron chi connectivity index (χ3n) is 4.41. The van der Waals surface area contributed by atoms with Crippen LogP contribution < -0.4 is 15.6 Å². The number of carbonyl (C=O) groups excluding carboxylic acids is 2. The Morgan fingerprint density at radius 3 is 2.58 bits per heavy atom. The molecule has 5 nitrogen and oxygen atoms in total. The molecule has 132 valence electrons. The molecule has 1 aromatic carbocycles. The van der Waals surface area contributed by atoms with Crippen LogP contribution in [0.4, 0.5) is 0 Å². The standard InChI is InChI=1S/C19H28N2O3/c1-2-3-9-14-24-17-13-8-7-12-16(17)19(23)21-20-18(22)15-10-5-4-6-11-15/h7-8,12-13,15H,2-6,9-11,14H2,1H3,(H,20,22)(H,21,23). The normalized spacial score (nSPS) is 14.9. The first-order valence-corrected chi connectivity index (χ1v) is 9.04. The van der Waals surface area contributed by atoms with Gasteiger partial charge in [-0.25, -0.2) is 0 Å². The molecule has 1 fully saturated rings. The lowest BCUT2D eigenvalue weighted by Gasteiger charge is -2.21. The van der Waals surface area contributed by atoms with Crippen molar-refractivity contribution < 1.29 is 14.3 Å². The molecule has 5 heteroatoms. The van der Waals surface area contributed by atoms with E-state index in [-0.39, 0.29) is 17.7 Å². The fourth-order valence-corrected chi connectivity index (χ4v) is 2.97. The molecule has 0 bridgehead atoms. The summed E-state index contributed by atoms with van der Waals surface area (Å²) in [4.78, 5) is 24.4. The Balaban J connectivity index is 1.86. The van der Waals surface area contributed by atoms with E-state index in [1.54, 1.807) is 18.2 Å². The minimum Gasteiger partial charge on any atom is -0.493 e. The molecule has 0 spiro atoms. The van der Waals surface area contributed by atoms with Gasteiger partial charge in [-0.1, -0.05) is 51.2 Å². The number of nitrogens with one attached hydrogen (secondary N) is 2. The number of benzene rings is 1. The zero-order valence-corrected chi connectivity index (χ0v) is 14.5. The molecule has 0 saturated heterocycles. The highest BCUT2D eigenvalue weighted by Crippen LogP contribution is 2.23. The summed E-state index contributed by atoms with van der Waals surface area (Å²) in [5, 5.41) is 0. The predicted molar refractivity (Wildman–Crippen MR) is 93.6 cm³/mol. The molecule has 0 aliphatic heterocycles. The van der Waals surface area contributed by atoms with Crippen molar-refractivity contribution >= 4 is 11.8 Å². The number of carbonyl (C=O) groups is 2. The van der Waals surface area contributed by atoms with Gasteiger partial charge in [0.05, 0.1) is 12.2 Å². The van der Waals surface area contributed by atoms with Crippen molar-refractivity contribution in [3.8, 4) is 5.75 Å². The molecule has 2 N–H and O–H groups in total. The molecule has 1 aromatic rings. The molecule has 0 unspecified atom stereocenters. The molecule has 0 aromatic heterocycles. The summed E-state index contributed by atoms with van der Waals surface area (Å²) in [6.07, 6.45) is 8.35. The van der Waals surface area contributed by atoms with Gasteiger partial charge in [0.15, 0.2) is 0 Å². The van der Waals surface area contributed by atoms with E-state index in [0.717, 1.165) is 44.9 Å². The molecule has 0 atom stereocenters. The van der Waals surface area contributed by atoms with Gasteiger partial charge in [0.2, 0.25) is 5.91 Å². The van der Waals surface area contributed by atoms with Crippen LogP contribution in [0.2, 0.25) is 0 Å². The second-order valence-electron chi connectivity index (χ2n) is 6.33. The van der Waals surface area contributed by atoms with E-state index in [1.165, 1.54) is 6.42 Å². The van der Waals surface area contributed by atoms with Crippen molar-refractivity contribution in [1.29, 1.82) is 0 Å². The maximum atomic E-state index is 12.3. The largest absolute Gasteiger partial charge is 0.493 e. The number of ether oxygens (including phenoxy) is 1. The van der Waals surface area contributed by atoms with Crippen molar-refractivity contribution in [2.45, 2.75) is 58.3 Å². The zero-order chi connectivity index (χ0) is 17.2. The van der Waals surface area contributed by atoms with Crippen LogP contribution >= 0.6 is 0 Å². The monoisotopic (exact) mass is 332 g/mol. The summed E-state index contributed by atoms with van der Waals surface area (Å²) in [5.41, 5.74) is 5.52. The van der Waals surface area contributed by atoms with Crippen molar-refractivity contribution in [2.75, 3.05) is 6.61 Å². The van der Waals surface area contributed by atoms with Gasteiger partial charge < -0.3 is 4.74 Å². The molecular formula is C19H28N2O3. The van der Waals surface area contributed by atoms with Crippen molar-refractivity contribution in [2.24, 2.45) is 5.92 Å². The highest BCUT2D eigenvalue weighted by atomic mass is 16.5. The van der Waals surface area contributed by atoms with E-state index < -0.39 is 0 Å². The Labute approximate surface area is 144 Å². The van der Waals surface area contributed by atoms with Crippen molar-refractivity contribution in [3.63, 3.8) is 0 Å². The minimum atomic E-state index is -0.342. The van der Waals surface area contributed by atoms with Gasteiger partial charge in [0.1, 0.15) is 5.75 Å². The van der Waals surface area contributed by atoms with Gasteiger partial charge >= 0.3 is 0 Å². The molecule has 1 saturated carbocycles. The highest BCUT2D eigenvalue weighted by molar-refractivity contribution is 5.98. The summed E-state index contributed by atoms with van der Waals surface area (Å²) in [6, 6.07) is 7.12. The van der Waals surface area contributed by atoms with Crippen molar-refractivity contribution in [3.05, 3.63) is 29.8 Å². The van der Waals surface area contributed by atoms with Crippen LogP contribution in [0.25, 0.3) is 0 Å². The van der Waals surface area contributed by atoms with Gasteiger partial charge in [0.25, 0.3) is 5.91 Å². The second-order valence-corrected chi connectivity index (χ2v) is 6.33. The van der Waals surface area contributed by atoms with E-state index >= 15 is 0 Å². The van der Waals surface area contributed by atoms with Gasteiger partial charge in [-0.05, 0) is 31.4 Å². The van der Waals surface area contributed by atoms with Gasteiger partial charge in [0, 0.05) is 5.92 Å². The average Bonchev–Trinajstić information content (AvgIpc) is 2.64. The molecule has 24 heavy (non-hydrogen) atoms. The topological polar surface area (TPSA) is 67.4 Å². The van der Waals surface area contributed by atoms with Gasteiger partial charge in [-0.15, -0.1) is 0 Å².